The molecule has 2 aromatic rings. The van der Waals surface area contributed by atoms with Crippen molar-refractivity contribution in [3.05, 3.63) is 64.0 Å². The van der Waals surface area contributed by atoms with Crippen LogP contribution in [-0.4, -0.2) is 41.7 Å². The third-order valence-corrected chi connectivity index (χ3v) is 4.37. The van der Waals surface area contributed by atoms with Gasteiger partial charge in [-0.3, -0.25) is 14.9 Å². The molecule has 2 atom stereocenters. The molecule has 0 aliphatic heterocycles. The molecule has 1 amide bonds. The van der Waals surface area contributed by atoms with Crippen LogP contribution in [-0.2, 0) is 14.3 Å². The van der Waals surface area contributed by atoms with E-state index in [1.165, 1.54) is 49.6 Å². The lowest BCUT2D eigenvalue weighted by Gasteiger charge is -2.29. The van der Waals surface area contributed by atoms with Crippen LogP contribution in [0.4, 0.5) is 10.1 Å². The number of carbonyl (C=O) groups is 2. The van der Waals surface area contributed by atoms with Crippen molar-refractivity contribution in [3.63, 3.8) is 0 Å². The van der Waals surface area contributed by atoms with Gasteiger partial charge in [-0.25, -0.2) is 9.18 Å². The number of nitrogens with zero attached hydrogens (tertiary/aromatic N) is 1. The molecule has 9 heteroatoms. The molecule has 2 rings (SSSR count). The average molecular weight is 432 g/mol. The Bertz CT molecular complexity index is 969. The standard InChI is InChI=1S/C22H25FN2O6/c1-13(31-22(2,3)4)19(21(27)30-5)24-20(26)17-11-8-15(12-18(17)25(28)29)14-6-9-16(23)10-7-14/h6-13,19H,1-5H3,(H,24,26)/t13-,19+/m1/s1. The molecule has 0 aliphatic rings. The van der Waals surface area contributed by atoms with Crippen molar-refractivity contribution in [3.8, 4) is 11.1 Å². The molecular formula is C22H25FN2O6. The van der Waals surface area contributed by atoms with Crippen molar-refractivity contribution in [1.82, 2.24) is 5.32 Å². The summed E-state index contributed by atoms with van der Waals surface area (Å²) >= 11 is 0. The van der Waals surface area contributed by atoms with E-state index in [2.05, 4.69) is 5.32 Å². The summed E-state index contributed by atoms with van der Waals surface area (Å²) in [5.74, 6) is -2.00. The lowest BCUT2D eigenvalue weighted by atomic mass is 10.0. The highest BCUT2D eigenvalue weighted by molar-refractivity contribution is 6.01. The van der Waals surface area contributed by atoms with Gasteiger partial charge in [0.05, 0.1) is 23.7 Å². The van der Waals surface area contributed by atoms with Gasteiger partial charge in [0.15, 0.2) is 6.04 Å². The molecule has 0 heterocycles. The Hall–Kier alpha value is -3.33. The van der Waals surface area contributed by atoms with E-state index in [0.717, 1.165) is 0 Å². The number of benzene rings is 2. The van der Waals surface area contributed by atoms with Crippen LogP contribution in [0.5, 0.6) is 0 Å². The number of hydrogen-bond donors (Lipinski definition) is 1. The molecule has 1 N–H and O–H groups in total. The third-order valence-electron chi connectivity index (χ3n) is 4.37. The molecule has 0 saturated heterocycles. The molecule has 0 aliphatic carbocycles. The normalized spacial score (nSPS) is 13.2. The quantitative estimate of drug-likeness (QED) is 0.404. The van der Waals surface area contributed by atoms with E-state index in [4.69, 9.17) is 9.47 Å². The van der Waals surface area contributed by atoms with Gasteiger partial charge in [-0.2, -0.15) is 0 Å². The summed E-state index contributed by atoms with van der Waals surface area (Å²) in [5, 5.41) is 14.1. The van der Waals surface area contributed by atoms with E-state index in [1.54, 1.807) is 27.7 Å². The zero-order valence-electron chi connectivity index (χ0n) is 18.0. The largest absolute Gasteiger partial charge is 0.467 e. The molecule has 0 saturated carbocycles. The number of ether oxygens (including phenoxy) is 2. The third kappa shape index (κ3) is 6.32. The number of hydrogen-bond acceptors (Lipinski definition) is 6. The molecule has 8 nitrogen and oxygen atoms in total. The summed E-state index contributed by atoms with van der Waals surface area (Å²) < 4.78 is 23.6. The Labute approximate surface area is 179 Å². The molecular weight excluding hydrogens is 407 g/mol. The second-order valence-corrected chi connectivity index (χ2v) is 7.91. The van der Waals surface area contributed by atoms with Crippen LogP contribution in [0.1, 0.15) is 38.1 Å². The van der Waals surface area contributed by atoms with E-state index in [1.807, 2.05) is 0 Å². The first-order valence-electron chi connectivity index (χ1n) is 9.54. The molecule has 0 radical (unpaired) electrons. The predicted molar refractivity (Wildman–Crippen MR) is 112 cm³/mol. The van der Waals surface area contributed by atoms with Crippen molar-refractivity contribution >= 4 is 17.6 Å². The summed E-state index contributed by atoms with van der Waals surface area (Å²) in [6.45, 7) is 6.97. The van der Waals surface area contributed by atoms with Gasteiger partial charge < -0.3 is 14.8 Å². The summed E-state index contributed by atoms with van der Waals surface area (Å²) in [4.78, 5) is 36.0. The molecule has 0 aromatic heterocycles. The number of esters is 1. The van der Waals surface area contributed by atoms with Crippen molar-refractivity contribution < 1.29 is 28.4 Å². The molecule has 0 bridgehead atoms. The maximum absolute atomic E-state index is 13.2. The van der Waals surface area contributed by atoms with Crippen LogP contribution in [0.25, 0.3) is 11.1 Å². The molecule has 166 valence electrons. The van der Waals surface area contributed by atoms with Crippen LogP contribution in [0.3, 0.4) is 0 Å². The van der Waals surface area contributed by atoms with Gasteiger partial charge in [0.1, 0.15) is 11.4 Å². The number of carbonyl (C=O) groups excluding carboxylic acids is 2. The number of nitro benzene ring substituents is 1. The van der Waals surface area contributed by atoms with Crippen LogP contribution in [0.2, 0.25) is 0 Å². The summed E-state index contributed by atoms with van der Waals surface area (Å²) in [5.41, 5.74) is -0.285. The highest BCUT2D eigenvalue weighted by Crippen LogP contribution is 2.28. The van der Waals surface area contributed by atoms with Gasteiger partial charge in [-0.1, -0.05) is 18.2 Å². The van der Waals surface area contributed by atoms with E-state index in [-0.39, 0.29) is 5.56 Å². The first-order chi connectivity index (χ1) is 14.4. The van der Waals surface area contributed by atoms with E-state index < -0.39 is 46.1 Å². The lowest BCUT2D eigenvalue weighted by molar-refractivity contribution is -0.385. The zero-order valence-corrected chi connectivity index (χ0v) is 18.0. The zero-order chi connectivity index (χ0) is 23.3. The maximum atomic E-state index is 13.2. The van der Waals surface area contributed by atoms with Crippen LogP contribution in [0, 0.1) is 15.9 Å². The van der Waals surface area contributed by atoms with E-state index in [0.29, 0.717) is 11.1 Å². The molecule has 0 fully saturated rings. The number of amides is 1. The average Bonchev–Trinajstić information content (AvgIpc) is 2.70. The molecule has 0 spiro atoms. The SMILES string of the molecule is COC(=O)[C@@H](NC(=O)c1ccc(-c2ccc(F)cc2)cc1[N+](=O)[O-])[C@@H](C)OC(C)(C)C. The lowest BCUT2D eigenvalue weighted by Crippen LogP contribution is -2.51. The van der Waals surface area contributed by atoms with Crippen molar-refractivity contribution in [2.75, 3.05) is 7.11 Å². The second-order valence-electron chi connectivity index (χ2n) is 7.91. The predicted octanol–water partition coefficient (Wildman–Crippen LogP) is 3.88. The van der Waals surface area contributed by atoms with Gasteiger partial charge in [0, 0.05) is 6.07 Å². The Morgan fingerprint density at radius 2 is 1.68 bits per heavy atom. The molecule has 0 unspecified atom stereocenters. The Morgan fingerprint density at radius 1 is 1.10 bits per heavy atom. The number of halogens is 1. The number of rotatable bonds is 7. The number of nitrogens with one attached hydrogen (secondary N) is 1. The Morgan fingerprint density at radius 3 is 2.19 bits per heavy atom. The maximum Gasteiger partial charge on any atom is 0.331 e. The number of nitro groups is 1. The smallest absolute Gasteiger partial charge is 0.331 e. The monoisotopic (exact) mass is 432 g/mol. The number of methoxy groups -OCH3 is 1. The minimum Gasteiger partial charge on any atom is -0.467 e. The second kappa shape index (κ2) is 9.65. The van der Waals surface area contributed by atoms with Crippen LogP contribution >= 0.6 is 0 Å². The minimum absolute atomic E-state index is 0.229. The van der Waals surface area contributed by atoms with Crippen LogP contribution < -0.4 is 5.32 Å². The van der Waals surface area contributed by atoms with Crippen molar-refractivity contribution in [2.24, 2.45) is 0 Å². The fraction of sp³-hybridized carbons (Fsp3) is 0.364. The summed E-state index contributed by atoms with van der Waals surface area (Å²) in [7, 11) is 1.17. The Kier molecular flexibility index (Phi) is 7.46. The van der Waals surface area contributed by atoms with Gasteiger partial charge in [-0.15, -0.1) is 0 Å². The topological polar surface area (TPSA) is 108 Å². The van der Waals surface area contributed by atoms with Gasteiger partial charge >= 0.3 is 5.97 Å². The van der Waals surface area contributed by atoms with Crippen molar-refractivity contribution in [1.29, 1.82) is 0 Å². The summed E-state index contributed by atoms with van der Waals surface area (Å²) in [6, 6.07) is 8.28. The van der Waals surface area contributed by atoms with E-state index in [9.17, 15) is 24.1 Å². The van der Waals surface area contributed by atoms with Crippen LogP contribution in [0.15, 0.2) is 42.5 Å². The first kappa shape index (κ1) is 23.9. The fourth-order valence-electron chi connectivity index (χ4n) is 3.04. The van der Waals surface area contributed by atoms with Crippen molar-refractivity contribution in [2.45, 2.75) is 45.4 Å². The van der Waals surface area contributed by atoms with Gasteiger partial charge in [0.25, 0.3) is 11.6 Å². The first-order valence-corrected chi connectivity index (χ1v) is 9.54. The molecule has 31 heavy (non-hydrogen) atoms. The van der Waals surface area contributed by atoms with Gasteiger partial charge in [-0.05, 0) is 57.0 Å². The highest BCUT2D eigenvalue weighted by atomic mass is 19.1. The van der Waals surface area contributed by atoms with Gasteiger partial charge in [0.2, 0.25) is 0 Å². The van der Waals surface area contributed by atoms with E-state index >= 15 is 0 Å². The molecule has 2 aromatic carbocycles. The highest BCUT2D eigenvalue weighted by Gasteiger charge is 2.33. The fourth-order valence-corrected chi connectivity index (χ4v) is 3.04. The Balaban J connectivity index is 2.36. The summed E-state index contributed by atoms with van der Waals surface area (Å²) in [6.07, 6.45) is -0.756. The minimum atomic E-state index is -1.17.